The van der Waals surface area contributed by atoms with Crippen molar-refractivity contribution in [2.75, 3.05) is 57.3 Å². The van der Waals surface area contributed by atoms with Gasteiger partial charge in [-0.2, -0.15) is 0 Å². The van der Waals surface area contributed by atoms with E-state index in [4.69, 9.17) is 12.2 Å². The number of rotatable bonds is 6. The average molecular weight is 431 g/mol. The topological polar surface area (TPSA) is 79.9 Å². The van der Waals surface area contributed by atoms with Crippen LogP contribution in [0.25, 0.3) is 0 Å². The molecule has 3 aliphatic rings. The first-order valence-corrected chi connectivity index (χ1v) is 11.2. The van der Waals surface area contributed by atoms with Crippen molar-refractivity contribution in [2.24, 2.45) is 5.92 Å². The van der Waals surface area contributed by atoms with Crippen molar-refractivity contribution in [2.45, 2.75) is 19.0 Å². The van der Waals surface area contributed by atoms with Gasteiger partial charge in [0.1, 0.15) is 6.54 Å². The smallest absolute Gasteiger partial charge is 0.240 e. The number of nitrogens with one attached hydrogen (secondary N) is 3. The van der Waals surface area contributed by atoms with Crippen molar-refractivity contribution >= 4 is 34.8 Å². The number of piperidine rings is 1. The lowest BCUT2D eigenvalue weighted by Gasteiger charge is -2.41. The molecule has 8 nitrogen and oxygen atoms in total. The molecule has 0 spiro atoms. The number of thiocarbonyl (C=S) groups is 1. The van der Waals surface area contributed by atoms with E-state index in [1.54, 1.807) is 0 Å². The maximum Gasteiger partial charge on any atom is 0.240 e. The van der Waals surface area contributed by atoms with Crippen LogP contribution < -0.4 is 20.9 Å². The largest absolute Gasteiger partial charge is 0.369 e. The van der Waals surface area contributed by atoms with Crippen LogP contribution in [0.5, 0.6) is 0 Å². The summed E-state index contributed by atoms with van der Waals surface area (Å²) >= 11 is 5.32. The molecule has 3 saturated heterocycles. The standard InChI is InChI=1S/C21H30N6O2S/c28-18(15-27-20(29)17-7-4-8-23-19(17)24-21(27)30)22-9-10-25-11-13-26(14-12-25)16-5-2-1-3-6-16/h1-3,5-6,17,19,23H,4,7-15H2,(H,22,28)(H,24,30). The number of piperazine rings is 1. The summed E-state index contributed by atoms with van der Waals surface area (Å²) in [6.45, 7) is 6.14. The lowest BCUT2D eigenvalue weighted by Crippen LogP contribution is -2.66. The van der Waals surface area contributed by atoms with Gasteiger partial charge in [-0.3, -0.25) is 24.7 Å². The predicted molar refractivity (Wildman–Crippen MR) is 120 cm³/mol. The Morgan fingerprint density at radius 2 is 1.93 bits per heavy atom. The van der Waals surface area contributed by atoms with Gasteiger partial charge in [0.05, 0.1) is 12.1 Å². The summed E-state index contributed by atoms with van der Waals surface area (Å²) in [7, 11) is 0. The van der Waals surface area contributed by atoms with Crippen LogP contribution in [0.15, 0.2) is 30.3 Å². The monoisotopic (exact) mass is 430 g/mol. The number of amides is 2. The van der Waals surface area contributed by atoms with Crippen molar-refractivity contribution in [3.63, 3.8) is 0 Å². The number of nitrogens with zero attached hydrogens (tertiary/aromatic N) is 3. The second-order valence-corrected chi connectivity index (χ2v) is 8.46. The van der Waals surface area contributed by atoms with E-state index in [2.05, 4.69) is 50.0 Å². The van der Waals surface area contributed by atoms with Gasteiger partial charge in [0.2, 0.25) is 11.8 Å². The van der Waals surface area contributed by atoms with Crippen LogP contribution in [-0.2, 0) is 9.59 Å². The van der Waals surface area contributed by atoms with E-state index < -0.39 is 0 Å². The summed E-state index contributed by atoms with van der Waals surface area (Å²) in [5, 5.41) is 9.72. The first-order valence-electron chi connectivity index (χ1n) is 10.8. The van der Waals surface area contributed by atoms with Crippen LogP contribution in [0, 0.1) is 5.92 Å². The molecule has 3 aliphatic heterocycles. The second-order valence-electron chi connectivity index (χ2n) is 8.07. The zero-order valence-electron chi connectivity index (χ0n) is 17.2. The van der Waals surface area contributed by atoms with Gasteiger partial charge in [0.15, 0.2) is 5.11 Å². The van der Waals surface area contributed by atoms with Gasteiger partial charge < -0.3 is 15.5 Å². The summed E-state index contributed by atoms with van der Waals surface area (Å²) in [4.78, 5) is 31.3. The van der Waals surface area contributed by atoms with Crippen LogP contribution in [0.3, 0.4) is 0 Å². The van der Waals surface area contributed by atoms with Gasteiger partial charge in [0, 0.05) is 45.0 Å². The number of hydrogen-bond acceptors (Lipinski definition) is 6. The molecule has 2 unspecified atom stereocenters. The molecule has 2 atom stereocenters. The Kier molecular flexibility index (Phi) is 6.81. The number of carbonyl (C=O) groups excluding carboxylic acids is 2. The zero-order chi connectivity index (χ0) is 20.9. The summed E-state index contributed by atoms with van der Waals surface area (Å²) in [5.74, 6) is -0.375. The molecule has 0 aliphatic carbocycles. The molecule has 0 saturated carbocycles. The number of anilines is 1. The number of carbonyl (C=O) groups is 2. The first kappa shape index (κ1) is 21.0. The highest BCUT2D eigenvalue weighted by Gasteiger charge is 2.40. The fraction of sp³-hybridized carbons (Fsp3) is 0.571. The highest BCUT2D eigenvalue weighted by Crippen LogP contribution is 2.22. The number of benzene rings is 1. The molecular formula is C21H30N6O2S. The maximum absolute atomic E-state index is 12.7. The SMILES string of the molecule is O=C(CN1C(=O)C2CCCNC2NC1=S)NCCN1CCN(c2ccccc2)CC1. The van der Waals surface area contributed by atoms with Gasteiger partial charge in [-0.1, -0.05) is 18.2 Å². The van der Waals surface area contributed by atoms with Gasteiger partial charge in [-0.25, -0.2) is 0 Å². The molecule has 3 heterocycles. The minimum Gasteiger partial charge on any atom is -0.369 e. The third-order valence-corrected chi connectivity index (χ3v) is 6.45. The molecule has 1 aromatic rings. The molecule has 3 N–H and O–H groups in total. The first-order chi connectivity index (χ1) is 14.6. The van der Waals surface area contributed by atoms with Crippen molar-refractivity contribution in [1.82, 2.24) is 25.8 Å². The fourth-order valence-electron chi connectivity index (χ4n) is 4.39. The van der Waals surface area contributed by atoms with Crippen LogP contribution in [-0.4, -0.2) is 85.3 Å². The van der Waals surface area contributed by atoms with E-state index in [1.165, 1.54) is 10.6 Å². The Labute approximate surface area is 182 Å². The van der Waals surface area contributed by atoms with Crippen LogP contribution in [0.4, 0.5) is 5.69 Å². The maximum atomic E-state index is 12.7. The fourth-order valence-corrected chi connectivity index (χ4v) is 4.67. The lowest BCUT2D eigenvalue weighted by atomic mass is 9.93. The minimum atomic E-state index is -0.169. The quantitative estimate of drug-likeness (QED) is 0.547. The lowest BCUT2D eigenvalue weighted by molar-refractivity contribution is -0.138. The van der Waals surface area contributed by atoms with E-state index in [9.17, 15) is 9.59 Å². The Balaban J connectivity index is 1.17. The Hall–Kier alpha value is -2.23. The van der Waals surface area contributed by atoms with Crippen molar-refractivity contribution in [1.29, 1.82) is 0 Å². The molecule has 162 valence electrons. The Morgan fingerprint density at radius 3 is 2.70 bits per heavy atom. The molecule has 2 amide bonds. The molecule has 9 heteroatoms. The van der Waals surface area contributed by atoms with Crippen LogP contribution in [0.2, 0.25) is 0 Å². The molecular weight excluding hydrogens is 400 g/mol. The van der Waals surface area contributed by atoms with Crippen molar-refractivity contribution in [3.05, 3.63) is 30.3 Å². The van der Waals surface area contributed by atoms with E-state index in [-0.39, 0.29) is 30.4 Å². The number of hydrogen-bond donors (Lipinski definition) is 3. The van der Waals surface area contributed by atoms with Gasteiger partial charge in [0.25, 0.3) is 0 Å². The van der Waals surface area contributed by atoms with Crippen molar-refractivity contribution < 1.29 is 9.59 Å². The van der Waals surface area contributed by atoms with E-state index in [1.807, 2.05) is 6.07 Å². The molecule has 30 heavy (non-hydrogen) atoms. The van der Waals surface area contributed by atoms with Gasteiger partial charge in [-0.05, 0) is 43.7 Å². The zero-order valence-corrected chi connectivity index (χ0v) is 18.0. The third kappa shape index (κ3) is 4.91. The Bertz CT molecular complexity index is 768. The highest BCUT2D eigenvalue weighted by atomic mass is 32.1. The van der Waals surface area contributed by atoms with Gasteiger partial charge in [-0.15, -0.1) is 0 Å². The number of fused-ring (bicyclic) bond motifs is 1. The van der Waals surface area contributed by atoms with E-state index >= 15 is 0 Å². The normalized spacial score (nSPS) is 24.9. The molecule has 0 bridgehead atoms. The second kappa shape index (κ2) is 9.72. The minimum absolute atomic E-state index is 0.0182. The molecule has 3 fully saturated rings. The average Bonchev–Trinajstić information content (AvgIpc) is 2.78. The van der Waals surface area contributed by atoms with Crippen LogP contribution >= 0.6 is 12.2 Å². The van der Waals surface area contributed by atoms with Crippen LogP contribution in [0.1, 0.15) is 12.8 Å². The predicted octanol–water partition coefficient (Wildman–Crippen LogP) is -0.0328. The van der Waals surface area contributed by atoms with E-state index in [0.29, 0.717) is 11.7 Å². The Morgan fingerprint density at radius 1 is 1.17 bits per heavy atom. The molecule has 0 radical (unpaired) electrons. The summed E-state index contributed by atoms with van der Waals surface area (Å²) < 4.78 is 0. The van der Waals surface area contributed by atoms with E-state index in [0.717, 1.165) is 52.1 Å². The summed E-state index contributed by atoms with van der Waals surface area (Å²) in [6, 6.07) is 10.4. The molecule has 0 aromatic heterocycles. The third-order valence-electron chi connectivity index (χ3n) is 6.11. The molecule has 4 rings (SSSR count). The van der Waals surface area contributed by atoms with Crippen molar-refractivity contribution in [3.8, 4) is 0 Å². The summed E-state index contributed by atoms with van der Waals surface area (Å²) in [5.41, 5.74) is 1.26. The number of para-hydroxylation sites is 1. The highest BCUT2D eigenvalue weighted by molar-refractivity contribution is 7.80. The molecule has 1 aromatic carbocycles. The van der Waals surface area contributed by atoms with Gasteiger partial charge >= 0.3 is 0 Å². The summed E-state index contributed by atoms with van der Waals surface area (Å²) in [6.07, 6.45) is 1.67.